The molecule has 0 fully saturated rings. The van der Waals surface area contributed by atoms with Crippen molar-refractivity contribution < 1.29 is 14.3 Å². The van der Waals surface area contributed by atoms with Gasteiger partial charge in [0.15, 0.2) is 11.5 Å². The fourth-order valence-electron chi connectivity index (χ4n) is 2.37. The number of hydrogen-bond acceptors (Lipinski definition) is 5. The van der Waals surface area contributed by atoms with Crippen LogP contribution in [0, 0.1) is 0 Å². The van der Waals surface area contributed by atoms with Crippen LogP contribution in [0.2, 0.25) is 10.0 Å². The van der Waals surface area contributed by atoms with Crippen molar-refractivity contribution >= 4 is 62.6 Å². The van der Waals surface area contributed by atoms with E-state index in [1.54, 1.807) is 37.4 Å². The quantitative estimate of drug-likeness (QED) is 0.303. The molecule has 1 aromatic heterocycles. The first-order chi connectivity index (χ1) is 14.0. The van der Waals surface area contributed by atoms with Crippen LogP contribution >= 0.6 is 50.5 Å². The molecule has 3 rings (SSSR count). The summed E-state index contributed by atoms with van der Waals surface area (Å²) in [5.74, 6) is 0.774. The Labute approximate surface area is 190 Å². The molecule has 1 amide bonds. The second kappa shape index (κ2) is 10.1. The number of benzene rings is 2. The number of hydrazone groups is 1. The van der Waals surface area contributed by atoms with Gasteiger partial charge >= 0.3 is 0 Å². The Morgan fingerprint density at radius 3 is 2.79 bits per heavy atom. The lowest BCUT2D eigenvalue weighted by Gasteiger charge is -2.14. The summed E-state index contributed by atoms with van der Waals surface area (Å²) in [5, 5.41) is 6.91. The van der Waals surface area contributed by atoms with Gasteiger partial charge in [0, 0.05) is 15.6 Å². The highest BCUT2D eigenvalue weighted by atomic mass is 79.9. The van der Waals surface area contributed by atoms with Crippen molar-refractivity contribution in [3.63, 3.8) is 0 Å². The van der Waals surface area contributed by atoms with Crippen molar-refractivity contribution in [3.8, 4) is 11.5 Å². The third kappa shape index (κ3) is 5.73. The number of nitrogens with one attached hydrogen (secondary N) is 1. The number of rotatable bonds is 7. The van der Waals surface area contributed by atoms with Crippen LogP contribution in [0.5, 0.6) is 11.5 Å². The van der Waals surface area contributed by atoms with Crippen LogP contribution < -0.4 is 14.9 Å². The lowest BCUT2D eigenvalue weighted by Crippen LogP contribution is -2.16. The van der Waals surface area contributed by atoms with Crippen molar-refractivity contribution in [3.05, 3.63) is 78.4 Å². The molecule has 0 aliphatic carbocycles. The molecular formula is C20H15BrCl2N2O3S. The molecule has 0 radical (unpaired) electrons. The van der Waals surface area contributed by atoms with E-state index in [0.717, 1.165) is 11.1 Å². The largest absolute Gasteiger partial charge is 0.493 e. The van der Waals surface area contributed by atoms with E-state index in [1.165, 1.54) is 17.6 Å². The highest BCUT2D eigenvalue weighted by Crippen LogP contribution is 2.37. The van der Waals surface area contributed by atoms with Gasteiger partial charge in [-0.2, -0.15) is 5.10 Å². The van der Waals surface area contributed by atoms with Crippen molar-refractivity contribution in [2.75, 3.05) is 7.11 Å². The molecule has 29 heavy (non-hydrogen) atoms. The van der Waals surface area contributed by atoms with Crippen LogP contribution in [0.4, 0.5) is 0 Å². The second-order valence-electron chi connectivity index (χ2n) is 5.73. The van der Waals surface area contributed by atoms with Gasteiger partial charge < -0.3 is 9.47 Å². The van der Waals surface area contributed by atoms with Crippen LogP contribution in [-0.4, -0.2) is 19.2 Å². The number of thiophene rings is 1. The topological polar surface area (TPSA) is 59.9 Å². The summed E-state index contributed by atoms with van der Waals surface area (Å²) in [6.07, 6.45) is 1.53. The highest BCUT2D eigenvalue weighted by molar-refractivity contribution is 9.10. The average Bonchev–Trinajstić information content (AvgIpc) is 3.23. The third-order valence-corrected chi connectivity index (χ3v) is 5.81. The Morgan fingerprint density at radius 2 is 2.10 bits per heavy atom. The first-order valence-electron chi connectivity index (χ1n) is 8.29. The van der Waals surface area contributed by atoms with E-state index in [4.69, 9.17) is 32.7 Å². The van der Waals surface area contributed by atoms with Gasteiger partial charge in [0.2, 0.25) is 0 Å². The molecule has 0 atom stereocenters. The van der Waals surface area contributed by atoms with Gasteiger partial charge in [0.25, 0.3) is 5.91 Å². The van der Waals surface area contributed by atoms with Crippen molar-refractivity contribution in [1.82, 2.24) is 5.43 Å². The van der Waals surface area contributed by atoms with Gasteiger partial charge in [-0.25, -0.2) is 5.43 Å². The third-order valence-electron chi connectivity index (χ3n) is 3.76. The maximum Gasteiger partial charge on any atom is 0.281 e. The highest BCUT2D eigenvalue weighted by Gasteiger charge is 2.13. The summed E-state index contributed by atoms with van der Waals surface area (Å²) in [4.78, 5) is 12.5. The number of hydrogen-bond donors (Lipinski definition) is 1. The minimum atomic E-state index is -0.262. The summed E-state index contributed by atoms with van der Waals surface area (Å²) in [7, 11) is 1.55. The van der Waals surface area contributed by atoms with E-state index in [-0.39, 0.29) is 12.5 Å². The maximum atomic E-state index is 11.9. The van der Waals surface area contributed by atoms with Crippen LogP contribution in [0.25, 0.3) is 0 Å². The molecule has 3 aromatic rings. The summed E-state index contributed by atoms with van der Waals surface area (Å²) < 4.78 is 12.0. The van der Waals surface area contributed by atoms with Gasteiger partial charge in [-0.1, -0.05) is 35.3 Å². The molecule has 0 saturated heterocycles. The number of halogens is 3. The molecular weight excluding hydrogens is 499 g/mol. The second-order valence-corrected chi connectivity index (χ2v) is 8.38. The average molecular weight is 514 g/mol. The fourth-order valence-corrected chi connectivity index (χ4v) is 4.02. The van der Waals surface area contributed by atoms with Gasteiger partial charge in [-0.05, 0) is 57.2 Å². The van der Waals surface area contributed by atoms with E-state index >= 15 is 0 Å². The minimum Gasteiger partial charge on any atom is -0.493 e. The molecule has 1 heterocycles. The Kier molecular flexibility index (Phi) is 7.55. The predicted molar refractivity (Wildman–Crippen MR) is 121 cm³/mol. The van der Waals surface area contributed by atoms with E-state index in [9.17, 15) is 4.79 Å². The smallest absolute Gasteiger partial charge is 0.281 e. The van der Waals surface area contributed by atoms with Crippen molar-refractivity contribution in [2.24, 2.45) is 5.10 Å². The van der Waals surface area contributed by atoms with Crippen LogP contribution in [0.15, 0.2) is 57.4 Å². The lowest BCUT2D eigenvalue weighted by molar-refractivity contribution is 0.0959. The van der Waals surface area contributed by atoms with E-state index < -0.39 is 0 Å². The maximum absolute atomic E-state index is 11.9. The van der Waals surface area contributed by atoms with Crippen LogP contribution in [0.3, 0.4) is 0 Å². The predicted octanol–water partition coefficient (Wildman–Crippen LogP) is 6.17. The fraction of sp³-hybridized carbons (Fsp3) is 0.100. The van der Waals surface area contributed by atoms with E-state index in [0.29, 0.717) is 30.9 Å². The Morgan fingerprint density at radius 1 is 1.28 bits per heavy atom. The molecule has 0 spiro atoms. The normalized spacial score (nSPS) is 10.9. The molecule has 0 aliphatic heterocycles. The molecule has 0 aliphatic rings. The number of amides is 1. The Hall–Kier alpha value is -2.06. The monoisotopic (exact) mass is 512 g/mol. The molecule has 150 valence electrons. The van der Waals surface area contributed by atoms with Crippen LogP contribution in [-0.2, 0) is 6.61 Å². The summed E-state index contributed by atoms with van der Waals surface area (Å²) in [5.41, 5.74) is 4.01. The van der Waals surface area contributed by atoms with Gasteiger partial charge in [-0.3, -0.25) is 4.79 Å². The van der Waals surface area contributed by atoms with Crippen LogP contribution in [0.1, 0.15) is 20.8 Å². The molecule has 5 nitrogen and oxygen atoms in total. The Balaban J connectivity index is 1.71. The summed E-state index contributed by atoms with van der Waals surface area (Å²) in [6.45, 7) is 0.245. The van der Waals surface area contributed by atoms with Gasteiger partial charge in [-0.15, -0.1) is 11.3 Å². The first-order valence-corrected chi connectivity index (χ1v) is 10.7. The van der Waals surface area contributed by atoms with Gasteiger partial charge in [0.05, 0.1) is 22.7 Å². The molecule has 1 N–H and O–H groups in total. The van der Waals surface area contributed by atoms with Crippen molar-refractivity contribution in [2.45, 2.75) is 6.61 Å². The molecule has 0 saturated carbocycles. The number of methoxy groups -OCH3 is 1. The Bertz CT molecular complexity index is 1040. The molecule has 0 unspecified atom stereocenters. The molecule has 2 aromatic carbocycles. The standard InChI is InChI=1S/C20H15BrCl2N2O3S/c1-27-17-8-12(10-24-25-20(26)18-3-2-6-29-18)7-15(21)19(17)28-11-13-4-5-14(22)9-16(13)23/h2-10H,11H2,1H3,(H,25,26). The van der Waals surface area contributed by atoms with Crippen molar-refractivity contribution in [1.29, 1.82) is 0 Å². The number of ether oxygens (including phenoxy) is 2. The minimum absolute atomic E-state index is 0.245. The summed E-state index contributed by atoms with van der Waals surface area (Å²) >= 11 is 17.0. The number of nitrogens with zero attached hydrogens (tertiary/aromatic N) is 1. The van der Waals surface area contributed by atoms with E-state index in [1.807, 2.05) is 17.5 Å². The molecule has 9 heteroatoms. The zero-order chi connectivity index (χ0) is 20.8. The lowest BCUT2D eigenvalue weighted by atomic mass is 10.2. The molecule has 0 bridgehead atoms. The SMILES string of the molecule is COc1cc(C=NNC(=O)c2cccs2)cc(Br)c1OCc1ccc(Cl)cc1Cl. The number of carbonyl (C=O) groups is 1. The van der Waals surface area contributed by atoms with E-state index in [2.05, 4.69) is 26.5 Å². The summed E-state index contributed by atoms with van der Waals surface area (Å²) in [6, 6.07) is 12.3. The first kappa shape index (κ1) is 21.6. The van der Waals surface area contributed by atoms with Gasteiger partial charge in [0.1, 0.15) is 6.61 Å². The zero-order valence-corrected chi connectivity index (χ0v) is 19.0. The number of carbonyl (C=O) groups excluding carboxylic acids is 1. The zero-order valence-electron chi connectivity index (χ0n) is 15.1.